The number of alkyl halides is 3. The Kier molecular flexibility index (Phi) is 6.35. The van der Waals surface area contributed by atoms with Gasteiger partial charge in [-0.3, -0.25) is 4.79 Å². The first-order chi connectivity index (χ1) is 15.6. The molecular formula is C22H22F3N5O2S. The highest BCUT2D eigenvalue weighted by Crippen LogP contribution is 2.31. The van der Waals surface area contributed by atoms with E-state index < -0.39 is 18.0 Å². The van der Waals surface area contributed by atoms with E-state index in [9.17, 15) is 18.0 Å². The van der Waals surface area contributed by atoms with E-state index in [0.29, 0.717) is 24.3 Å². The summed E-state index contributed by atoms with van der Waals surface area (Å²) in [6.07, 6.45) is -0.688. The number of nitrogens with zero attached hydrogens (tertiary/aromatic N) is 4. The van der Waals surface area contributed by atoms with Crippen LogP contribution in [-0.2, 0) is 10.9 Å². The molecule has 33 heavy (non-hydrogen) atoms. The molecule has 0 radical (unpaired) electrons. The normalized spacial score (nSPS) is 15.1. The maximum absolute atomic E-state index is 13.1. The molecule has 3 aromatic rings. The predicted molar refractivity (Wildman–Crippen MR) is 118 cm³/mol. The Balaban J connectivity index is 1.59. The summed E-state index contributed by atoms with van der Waals surface area (Å²) in [5.41, 5.74) is 2.45. The quantitative estimate of drug-likeness (QED) is 0.572. The van der Waals surface area contributed by atoms with Crippen LogP contribution < -0.4 is 10.2 Å². The second-order valence-corrected chi connectivity index (χ2v) is 9.11. The zero-order valence-corrected chi connectivity index (χ0v) is 19.0. The van der Waals surface area contributed by atoms with Crippen LogP contribution in [0.15, 0.2) is 36.8 Å². The molecule has 1 aromatic carbocycles. The van der Waals surface area contributed by atoms with Gasteiger partial charge in [0.15, 0.2) is 0 Å². The molecule has 1 saturated heterocycles. The van der Waals surface area contributed by atoms with Gasteiger partial charge in [0.2, 0.25) is 5.82 Å². The van der Waals surface area contributed by atoms with Gasteiger partial charge in [-0.2, -0.15) is 13.2 Å². The van der Waals surface area contributed by atoms with Crippen LogP contribution in [0.25, 0.3) is 10.6 Å². The number of benzene rings is 1. The minimum Gasteiger partial charge on any atom is -0.377 e. The fourth-order valence-electron chi connectivity index (χ4n) is 3.29. The fraction of sp³-hybridized carbons (Fsp3) is 0.364. The molecule has 3 heterocycles. The molecule has 0 saturated carbocycles. The number of thiazole rings is 1. The third-order valence-corrected chi connectivity index (χ3v) is 6.36. The van der Waals surface area contributed by atoms with Crippen molar-refractivity contribution in [3.8, 4) is 10.6 Å². The van der Waals surface area contributed by atoms with Gasteiger partial charge < -0.3 is 15.0 Å². The Labute approximate surface area is 192 Å². The number of amides is 1. The third-order valence-electron chi connectivity index (χ3n) is 5.40. The summed E-state index contributed by atoms with van der Waals surface area (Å²) >= 11 is 1.53. The third kappa shape index (κ3) is 5.14. The molecule has 1 aliphatic rings. The highest BCUT2D eigenvalue weighted by atomic mass is 32.1. The van der Waals surface area contributed by atoms with Gasteiger partial charge in [-0.15, -0.1) is 11.3 Å². The smallest absolute Gasteiger partial charge is 0.377 e. The molecule has 1 amide bonds. The van der Waals surface area contributed by atoms with Gasteiger partial charge >= 0.3 is 6.18 Å². The summed E-state index contributed by atoms with van der Waals surface area (Å²) < 4.78 is 43.4. The minimum atomic E-state index is -4.62. The molecule has 1 atom stereocenters. The number of rotatable bonds is 6. The van der Waals surface area contributed by atoms with Gasteiger partial charge in [0.1, 0.15) is 5.01 Å². The standard InChI is InChI=1S/C22H22F3N5O2S/c1-12-7-26-20(33-12)15-4-14(5-17(6-15)30(3)18-10-32-11-18)19(31)29-13(2)16-8-27-21(28-9-16)22(23,24)25/h4-9,13,18H,10-11H2,1-3H3,(H,29,31). The zero-order valence-electron chi connectivity index (χ0n) is 18.2. The van der Waals surface area contributed by atoms with Crippen LogP contribution >= 0.6 is 11.3 Å². The molecule has 1 N–H and O–H groups in total. The highest BCUT2D eigenvalue weighted by molar-refractivity contribution is 7.14. The number of likely N-dealkylation sites (N-methyl/N-ethyl adjacent to an activating group) is 1. The Morgan fingerprint density at radius 1 is 1.18 bits per heavy atom. The number of aryl methyl sites for hydroxylation is 1. The largest absolute Gasteiger partial charge is 0.451 e. The summed E-state index contributed by atoms with van der Waals surface area (Å²) in [6, 6.07) is 5.16. The van der Waals surface area contributed by atoms with Crippen molar-refractivity contribution in [2.24, 2.45) is 0 Å². The molecular weight excluding hydrogens is 455 g/mol. The molecule has 7 nitrogen and oxygen atoms in total. The van der Waals surface area contributed by atoms with E-state index in [4.69, 9.17) is 4.74 Å². The SMILES string of the molecule is Cc1cnc(-c2cc(C(=O)NC(C)c3cnc(C(F)(F)F)nc3)cc(N(C)C3COC3)c2)s1. The Morgan fingerprint density at radius 3 is 2.42 bits per heavy atom. The van der Waals surface area contributed by atoms with E-state index >= 15 is 0 Å². The molecule has 1 aliphatic heterocycles. The zero-order chi connectivity index (χ0) is 23.8. The van der Waals surface area contributed by atoms with Crippen LogP contribution in [0, 0.1) is 6.92 Å². The second kappa shape index (κ2) is 9.06. The van der Waals surface area contributed by atoms with Crippen molar-refractivity contribution < 1.29 is 22.7 Å². The van der Waals surface area contributed by atoms with Crippen molar-refractivity contribution >= 4 is 22.9 Å². The molecule has 0 bridgehead atoms. The minimum absolute atomic E-state index is 0.220. The van der Waals surface area contributed by atoms with Gasteiger partial charge in [0.25, 0.3) is 5.91 Å². The number of anilines is 1. The number of nitrogens with one attached hydrogen (secondary N) is 1. The van der Waals surface area contributed by atoms with E-state index in [1.54, 1.807) is 25.3 Å². The lowest BCUT2D eigenvalue weighted by Crippen LogP contribution is -2.47. The molecule has 2 aromatic heterocycles. The van der Waals surface area contributed by atoms with Gasteiger partial charge in [0.05, 0.1) is 25.3 Å². The van der Waals surface area contributed by atoms with Gasteiger partial charge in [-0.25, -0.2) is 15.0 Å². The van der Waals surface area contributed by atoms with Crippen LogP contribution in [0.1, 0.15) is 39.6 Å². The van der Waals surface area contributed by atoms with E-state index in [-0.39, 0.29) is 11.9 Å². The number of hydrogen-bond donors (Lipinski definition) is 1. The summed E-state index contributed by atoms with van der Waals surface area (Å²) in [5.74, 6) is -1.58. The molecule has 0 spiro atoms. The molecule has 4 rings (SSSR count). The summed E-state index contributed by atoms with van der Waals surface area (Å²) in [7, 11) is 1.95. The van der Waals surface area contributed by atoms with Crippen molar-refractivity contribution in [1.82, 2.24) is 20.3 Å². The molecule has 174 valence electrons. The number of halogens is 3. The van der Waals surface area contributed by atoms with Gasteiger partial charge in [-0.05, 0) is 32.0 Å². The first kappa shape index (κ1) is 23.1. The van der Waals surface area contributed by atoms with Gasteiger partial charge in [-0.1, -0.05) is 0 Å². The first-order valence-corrected chi connectivity index (χ1v) is 11.0. The topological polar surface area (TPSA) is 80.2 Å². The number of hydrogen-bond acceptors (Lipinski definition) is 7. The molecule has 1 fully saturated rings. The average molecular weight is 478 g/mol. The van der Waals surface area contributed by atoms with Crippen LogP contribution in [0.3, 0.4) is 0 Å². The summed E-state index contributed by atoms with van der Waals surface area (Å²) in [5, 5.41) is 3.61. The van der Waals surface area contributed by atoms with E-state index in [1.807, 2.05) is 20.0 Å². The van der Waals surface area contributed by atoms with Crippen molar-refractivity contribution in [2.75, 3.05) is 25.2 Å². The Morgan fingerprint density at radius 2 is 1.88 bits per heavy atom. The number of ether oxygens (including phenoxy) is 1. The highest BCUT2D eigenvalue weighted by Gasteiger charge is 2.34. The Bertz CT molecular complexity index is 1150. The second-order valence-electron chi connectivity index (χ2n) is 7.88. The van der Waals surface area contributed by atoms with Crippen LogP contribution in [-0.4, -0.2) is 47.2 Å². The number of carbonyl (C=O) groups excluding carboxylic acids is 1. The van der Waals surface area contributed by atoms with E-state index in [2.05, 4.69) is 25.2 Å². The first-order valence-electron chi connectivity index (χ1n) is 10.2. The van der Waals surface area contributed by atoms with Crippen molar-refractivity contribution in [3.05, 3.63) is 58.6 Å². The van der Waals surface area contributed by atoms with Crippen molar-refractivity contribution in [2.45, 2.75) is 32.1 Å². The van der Waals surface area contributed by atoms with Crippen molar-refractivity contribution in [1.29, 1.82) is 0 Å². The maximum Gasteiger partial charge on any atom is 0.451 e. The maximum atomic E-state index is 13.1. The van der Waals surface area contributed by atoms with E-state index in [0.717, 1.165) is 33.5 Å². The van der Waals surface area contributed by atoms with Crippen molar-refractivity contribution in [3.63, 3.8) is 0 Å². The number of carbonyl (C=O) groups is 1. The summed E-state index contributed by atoms with van der Waals surface area (Å²) in [4.78, 5) is 27.4. The molecule has 1 unspecified atom stereocenters. The van der Waals surface area contributed by atoms with Gasteiger partial charge in [0, 0.05) is 52.9 Å². The average Bonchev–Trinajstić information content (AvgIpc) is 3.18. The number of aromatic nitrogens is 3. The van der Waals surface area contributed by atoms with Crippen LogP contribution in [0.4, 0.5) is 18.9 Å². The lowest BCUT2D eigenvalue weighted by molar-refractivity contribution is -0.145. The lowest BCUT2D eigenvalue weighted by atomic mass is 10.1. The lowest BCUT2D eigenvalue weighted by Gasteiger charge is -2.36. The summed E-state index contributed by atoms with van der Waals surface area (Å²) in [6.45, 7) is 4.86. The van der Waals surface area contributed by atoms with Crippen LogP contribution in [0.2, 0.25) is 0 Å². The Hall–Kier alpha value is -3.05. The fourth-order valence-corrected chi connectivity index (χ4v) is 4.04. The van der Waals surface area contributed by atoms with Crippen LogP contribution in [0.5, 0.6) is 0 Å². The van der Waals surface area contributed by atoms with E-state index in [1.165, 1.54) is 11.3 Å². The molecule has 11 heteroatoms. The predicted octanol–water partition coefficient (Wildman–Crippen LogP) is 4.25. The molecule has 0 aliphatic carbocycles. The monoisotopic (exact) mass is 477 g/mol.